The lowest BCUT2D eigenvalue weighted by Gasteiger charge is -2.18. The third-order valence-corrected chi connectivity index (χ3v) is 4.82. The van der Waals surface area contributed by atoms with Crippen molar-refractivity contribution in [3.63, 3.8) is 0 Å². The molecule has 0 bridgehead atoms. The van der Waals surface area contributed by atoms with Crippen LogP contribution < -0.4 is 11.1 Å². The number of rotatable bonds is 10. The van der Waals surface area contributed by atoms with Crippen molar-refractivity contribution in [1.82, 2.24) is 5.32 Å². The lowest BCUT2D eigenvalue weighted by molar-refractivity contribution is -0.137. The number of nitrogens with two attached hydrogens (primary N) is 1. The molecule has 5 N–H and O–H groups in total. The van der Waals surface area contributed by atoms with Crippen LogP contribution in [-0.2, 0) is 16.0 Å². The van der Waals surface area contributed by atoms with Crippen LogP contribution >= 0.6 is 23.2 Å². The van der Waals surface area contributed by atoms with Crippen LogP contribution in [0.3, 0.4) is 0 Å². The molecule has 1 atom stereocenters. The Bertz CT molecular complexity index is 865. The van der Waals surface area contributed by atoms with Gasteiger partial charge in [0.05, 0.1) is 12.5 Å². The van der Waals surface area contributed by atoms with Gasteiger partial charge in [-0.15, -0.1) is 0 Å². The number of halogens is 2. The van der Waals surface area contributed by atoms with Crippen LogP contribution in [0.2, 0.25) is 10.0 Å². The van der Waals surface area contributed by atoms with Gasteiger partial charge < -0.3 is 16.2 Å². The predicted octanol–water partition coefficient (Wildman–Crippen LogP) is 4.32. The van der Waals surface area contributed by atoms with E-state index in [-0.39, 0.29) is 24.6 Å². The second-order valence-corrected chi connectivity index (χ2v) is 7.61. The number of aryl methyl sites for hydroxylation is 1. The first-order chi connectivity index (χ1) is 13.7. The van der Waals surface area contributed by atoms with E-state index in [1.165, 1.54) is 0 Å². The molecule has 1 amide bonds. The van der Waals surface area contributed by atoms with Crippen LogP contribution in [-0.4, -0.2) is 22.8 Å². The summed E-state index contributed by atoms with van der Waals surface area (Å²) in [5, 5.41) is 20.1. The highest BCUT2D eigenvalue weighted by atomic mass is 35.5. The molecule has 29 heavy (non-hydrogen) atoms. The molecule has 154 valence electrons. The van der Waals surface area contributed by atoms with E-state index in [1.54, 1.807) is 30.3 Å². The molecule has 8 heteroatoms. The number of hydrogen-bond donors (Lipinski definition) is 4. The maximum Gasteiger partial charge on any atom is 0.305 e. The molecule has 1 unspecified atom stereocenters. The normalized spacial score (nSPS) is 11.7. The van der Waals surface area contributed by atoms with Crippen molar-refractivity contribution in [1.29, 1.82) is 5.41 Å². The molecule has 0 saturated heterocycles. The number of unbranched alkanes of at least 4 members (excludes halogenated alkanes) is 1. The molecule has 0 radical (unpaired) electrons. The molecule has 2 rings (SSSR count). The zero-order valence-electron chi connectivity index (χ0n) is 15.8. The van der Waals surface area contributed by atoms with E-state index in [4.69, 9.17) is 39.5 Å². The maximum absolute atomic E-state index is 12.3. The Morgan fingerprint density at radius 2 is 1.69 bits per heavy atom. The van der Waals surface area contributed by atoms with Crippen LogP contribution in [0, 0.1) is 5.41 Å². The summed E-state index contributed by atoms with van der Waals surface area (Å²) < 4.78 is 0. The van der Waals surface area contributed by atoms with E-state index in [2.05, 4.69) is 5.32 Å². The standard InChI is InChI=1S/C21H23Cl2N3O3/c22-16-9-15(10-17(23)11-16)18(12-20(28)29)26-19(27)4-2-1-3-13-5-7-14(8-6-13)21(24)25/h5-11,18H,1-4,12H2,(H3,24,25)(H,26,27)(H,28,29). The first kappa shape index (κ1) is 22.7. The SMILES string of the molecule is N=C(N)c1ccc(CCCCC(=O)NC(CC(=O)O)c2cc(Cl)cc(Cl)c2)cc1. The first-order valence-corrected chi connectivity index (χ1v) is 9.90. The summed E-state index contributed by atoms with van der Waals surface area (Å²) in [7, 11) is 0. The lowest BCUT2D eigenvalue weighted by Crippen LogP contribution is -2.30. The number of carbonyl (C=O) groups is 2. The summed E-state index contributed by atoms with van der Waals surface area (Å²) in [5.41, 5.74) is 7.78. The van der Waals surface area contributed by atoms with E-state index in [1.807, 2.05) is 12.1 Å². The number of benzene rings is 2. The number of hydrogen-bond acceptors (Lipinski definition) is 3. The van der Waals surface area contributed by atoms with Gasteiger partial charge in [0.15, 0.2) is 0 Å². The number of amidine groups is 1. The second kappa shape index (κ2) is 10.8. The molecule has 2 aromatic rings. The molecule has 0 aliphatic heterocycles. The van der Waals surface area contributed by atoms with Gasteiger partial charge in [-0.3, -0.25) is 15.0 Å². The summed E-state index contributed by atoms with van der Waals surface area (Å²) in [6, 6.07) is 11.5. The summed E-state index contributed by atoms with van der Waals surface area (Å²) in [5.74, 6) is -1.22. The zero-order chi connectivity index (χ0) is 21.4. The van der Waals surface area contributed by atoms with Gasteiger partial charge in [0.1, 0.15) is 5.84 Å². The van der Waals surface area contributed by atoms with E-state index >= 15 is 0 Å². The van der Waals surface area contributed by atoms with Gasteiger partial charge in [-0.05, 0) is 48.6 Å². The van der Waals surface area contributed by atoms with Crippen molar-refractivity contribution < 1.29 is 14.7 Å². The minimum Gasteiger partial charge on any atom is -0.481 e. The third-order valence-electron chi connectivity index (χ3n) is 4.39. The van der Waals surface area contributed by atoms with Gasteiger partial charge in [-0.1, -0.05) is 47.5 Å². The van der Waals surface area contributed by atoms with Gasteiger partial charge in [-0.25, -0.2) is 0 Å². The van der Waals surface area contributed by atoms with E-state index < -0.39 is 12.0 Å². The topological polar surface area (TPSA) is 116 Å². The Kier molecular flexibility index (Phi) is 8.49. The highest BCUT2D eigenvalue weighted by Crippen LogP contribution is 2.25. The fraction of sp³-hybridized carbons (Fsp3) is 0.286. The van der Waals surface area contributed by atoms with E-state index in [9.17, 15) is 9.59 Å². The van der Waals surface area contributed by atoms with Crippen molar-refractivity contribution in [2.75, 3.05) is 0 Å². The molecule has 0 heterocycles. The van der Waals surface area contributed by atoms with Gasteiger partial charge in [0.2, 0.25) is 5.91 Å². The number of carbonyl (C=O) groups excluding carboxylic acids is 1. The largest absolute Gasteiger partial charge is 0.481 e. The van der Waals surface area contributed by atoms with Crippen molar-refractivity contribution in [3.8, 4) is 0 Å². The maximum atomic E-state index is 12.3. The molecule has 0 aliphatic carbocycles. The molecular formula is C21H23Cl2N3O3. The molecule has 0 spiro atoms. The van der Waals surface area contributed by atoms with Crippen molar-refractivity contribution in [2.24, 2.45) is 5.73 Å². The Morgan fingerprint density at radius 1 is 1.07 bits per heavy atom. The van der Waals surface area contributed by atoms with Crippen LogP contribution in [0.5, 0.6) is 0 Å². The highest BCUT2D eigenvalue weighted by molar-refractivity contribution is 6.34. The molecule has 0 saturated carbocycles. The van der Waals surface area contributed by atoms with Crippen LogP contribution in [0.15, 0.2) is 42.5 Å². The Labute approximate surface area is 179 Å². The Morgan fingerprint density at radius 3 is 2.24 bits per heavy atom. The number of carboxylic acid groups (broad SMARTS) is 1. The average Bonchev–Trinajstić information content (AvgIpc) is 2.64. The number of nitrogens with one attached hydrogen (secondary N) is 2. The van der Waals surface area contributed by atoms with E-state index in [0.29, 0.717) is 27.6 Å². The first-order valence-electron chi connectivity index (χ1n) is 9.15. The third kappa shape index (κ3) is 7.75. The van der Waals surface area contributed by atoms with Crippen LogP contribution in [0.4, 0.5) is 0 Å². The molecule has 0 aromatic heterocycles. The molecule has 2 aromatic carbocycles. The molecule has 0 aliphatic rings. The quantitative estimate of drug-likeness (QED) is 0.252. The number of carboxylic acids is 1. The zero-order valence-corrected chi connectivity index (χ0v) is 17.3. The number of aliphatic carboxylic acids is 1. The number of amides is 1. The monoisotopic (exact) mass is 435 g/mol. The average molecular weight is 436 g/mol. The van der Waals surface area contributed by atoms with Crippen LogP contribution in [0.25, 0.3) is 0 Å². The van der Waals surface area contributed by atoms with Crippen molar-refractivity contribution >= 4 is 40.9 Å². The smallest absolute Gasteiger partial charge is 0.305 e. The van der Waals surface area contributed by atoms with E-state index in [0.717, 1.165) is 18.4 Å². The Hall–Kier alpha value is -2.57. The summed E-state index contributed by atoms with van der Waals surface area (Å²) in [6.07, 6.45) is 2.30. The Balaban J connectivity index is 1.86. The number of nitrogen functional groups attached to an aromatic ring is 1. The summed E-state index contributed by atoms with van der Waals surface area (Å²) in [4.78, 5) is 23.5. The van der Waals surface area contributed by atoms with Gasteiger partial charge in [0.25, 0.3) is 0 Å². The van der Waals surface area contributed by atoms with Gasteiger partial charge >= 0.3 is 5.97 Å². The molecular weight excluding hydrogens is 413 g/mol. The van der Waals surface area contributed by atoms with Crippen molar-refractivity contribution in [3.05, 3.63) is 69.2 Å². The summed E-state index contributed by atoms with van der Waals surface area (Å²) >= 11 is 12.0. The molecule has 6 nitrogen and oxygen atoms in total. The summed E-state index contributed by atoms with van der Waals surface area (Å²) in [6.45, 7) is 0. The minimum atomic E-state index is -1.03. The fourth-order valence-electron chi connectivity index (χ4n) is 2.94. The van der Waals surface area contributed by atoms with Gasteiger partial charge in [0, 0.05) is 22.0 Å². The lowest BCUT2D eigenvalue weighted by atomic mass is 10.0. The minimum absolute atomic E-state index is 0.0325. The van der Waals surface area contributed by atoms with Crippen molar-refractivity contribution in [2.45, 2.75) is 38.1 Å². The van der Waals surface area contributed by atoms with Crippen LogP contribution in [0.1, 0.15) is 48.4 Å². The molecule has 0 fully saturated rings. The predicted molar refractivity (Wildman–Crippen MR) is 115 cm³/mol. The highest BCUT2D eigenvalue weighted by Gasteiger charge is 2.19. The van der Waals surface area contributed by atoms with Gasteiger partial charge in [-0.2, -0.15) is 0 Å². The second-order valence-electron chi connectivity index (χ2n) is 6.74. The fourth-order valence-corrected chi connectivity index (χ4v) is 3.48.